The van der Waals surface area contributed by atoms with Crippen LogP contribution in [0.2, 0.25) is 0 Å². The highest BCUT2D eigenvalue weighted by molar-refractivity contribution is 6.22. The summed E-state index contributed by atoms with van der Waals surface area (Å²) in [6.45, 7) is 1.34. The van der Waals surface area contributed by atoms with E-state index < -0.39 is 29.8 Å². The first-order valence-corrected chi connectivity index (χ1v) is 8.25. The maximum absolute atomic E-state index is 12.4. The van der Waals surface area contributed by atoms with Gasteiger partial charge in [0.2, 0.25) is 0 Å². The molecule has 0 aromatic heterocycles. The van der Waals surface area contributed by atoms with Gasteiger partial charge in [-0.2, -0.15) is 0 Å². The van der Waals surface area contributed by atoms with Crippen LogP contribution in [0.4, 0.5) is 0 Å². The van der Waals surface area contributed by atoms with E-state index in [0.29, 0.717) is 11.1 Å². The second kappa shape index (κ2) is 7.41. The molecule has 2 aromatic carbocycles. The summed E-state index contributed by atoms with van der Waals surface area (Å²) >= 11 is 0. The number of amides is 2. The summed E-state index contributed by atoms with van der Waals surface area (Å²) in [6, 6.07) is 11.8. The van der Waals surface area contributed by atoms with Crippen molar-refractivity contribution in [2.45, 2.75) is 19.6 Å². The fourth-order valence-electron chi connectivity index (χ4n) is 2.85. The highest BCUT2D eigenvalue weighted by Crippen LogP contribution is 2.25. The highest BCUT2D eigenvalue weighted by Gasteiger charge is 2.41. The van der Waals surface area contributed by atoms with Crippen LogP contribution in [-0.2, 0) is 20.9 Å². The summed E-state index contributed by atoms with van der Waals surface area (Å²) < 4.78 is 9.88. The number of hydrogen-bond acceptors (Lipinski definition) is 6. The van der Waals surface area contributed by atoms with E-state index in [1.54, 1.807) is 48.5 Å². The molecule has 7 nitrogen and oxygen atoms in total. The van der Waals surface area contributed by atoms with Crippen molar-refractivity contribution in [3.8, 4) is 0 Å². The van der Waals surface area contributed by atoms with Crippen molar-refractivity contribution in [3.63, 3.8) is 0 Å². The predicted molar refractivity (Wildman–Crippen MR) is 94.0 cm³/mol. The number of ether oxygens (including phenoxy) is 2. The fraction of sp³-hybridized carbons (Fsp3) is 0.200. The van der Waals surface area contributed by atoms with Gasteiger partial charge in [-0.25, -0.2) is 9.59 Å². The maximum atomic E-state index is 12.4. The van der Waals surface area contributed by atoms with Crippen molar-refractivity contribution in [1.82, 2.24) is 4.90 Å². The Hall–Kier alpha value is -3.48. The molecule has 1 atom stereocenters. The molecular formula is C20H17NO6. The number of rotatable bonds is 5. The molecule has 1 heterocycles. The van der Waals surface area contributed by atoms with E-state index in [9.17, 15) is 19.2 Å². The topological polar surface area (TPSA) is 90.0 Å². The summed E-state index contributed by atoms with van der Waals surface area (Å²) in [7, 11) is 1.28. The van der Waals surface area contributed by atoms with Crippen LogP contribution in [0.1, 0.15) is 43.6 Å². The monoisotopic (exact) mass is 367 g/mol. The van der Waals surface area contributed by atoms with E-state index in [0.717, 1.165) is 4.90 Å². The van der Waals surface area contributed by atoms with Crippen molar-refractivity contribution in [1.29, 1.82) is 0 Å². The number of methoxy groups -OCH3 is 1. The molecule has 138 valence electrons. The number of nitrogens with zero attached hydrogens (tertiary/aromatic N) is 1. The van der Waals surface area contributed by atoms with Gasteiger partial charge in [-0.1, -0.05) is 24.3 Å². The third-order valence-electron chi connectivity index (χ3n) is 4.28. The molecular weight excluding hydrogens is 350 g/mol. The minimum absolute atomic E-state index is 0.100. The number of hydrogen-bond donors (Lipinski definition) is 0. The molecule has 2 aromatic rings. The zero-order valence-electron chi connectivity index (χ0n) is 14.8. The van der Waals surface area contributed by atoms with Crippen LogP contribution < -0.4 is 0 Å². The molecule has 1 aliphatic heterocycles. The van der Waals surface area contributed by atoms with E-state index in [1.807, 2.05) is 0 Å². The molecule has 1 aliphatic rings. The summed E-state index contributed by atoms with van der Waals surface area (Å²) in [5.74, 6) is -2.25. The fourth-order valence-corrected chi connectivity index (χ4v) is 2.85. The third kappa shape index (κ3) is 3.44. The number of benzene rings is 2. The van der Waals surface area contributed by atoms with Gasteiger partial charge in [-0.3, -0.25) is 14.5 Å². The second-order valence-electron chi connectivity index (χ2n) is 6.00. The van der Waals surface area contributed by atoms with Crippen LogP contribution >= 0.6 is 0 Å². The van der Waals surface area contributed by atoms with Crippen molar-refractivity contribution >= 4 is 23.8 Å². The van der Waals surface area contributed by atoms with E-state index in [2.05, 4.69) is 4.74 Å². The van der Waals surface area contributed by atoms with Gasteiger partial charge in [0.25, 0.3) is 11.8 Å². The average Bonchev–Trinajstić information content (AvgIpc) is 2.96. The molecule has 0 spiro atoms. The smallest absolute Gasteiger partial charge is 0.337 e. The standard InChI is InChI=1S/C20H17NO6/c1-12(21-17(22)15-8-3-4-9-16(15)18(21)23)19(24)27-11-13-6-5-7-14(10-13)20(25)26-2/h3-10,12H,11H2,1-2H3/t12-/m0/s1. The van der Waals surface area contributed by atoms with Crippen molar-refractivity contribution in [3.05, 3.63) is 70.8 Å². The summed E-state index contributed by atoms with van der Waals surface area (Å²) in [5.41, 5.74) is 1.46. The van der Waals surface area contributed by atoms with E-state index in [4.69, 9.17) is 4.74 Å². The molecule has 0 fully saturated rings. The summed E-state index contributed by atoms with van der Waals surface area (Å²) in [5, 5.41) is 0. The number of carbonyl (C=O) groups is 4. The molecule has 0 aliphatic carbocycles. The van der Waals surface area contributed by atoms with E-state index >= 15 is 0 Å². The van der Waals surface area contributed by atoms with Gasteiger partial charge in [0.1, 0.15) is 12.6 Å². The number of fused-ring (bicyclic) bond motifs is 1. The first kappa shape index (κ1) is 18.3. The maximum Gasteiger partial charge on any atom is 0.337 e. The molecule has 0 bridgehead atoms. The number of carbonyl (C=O) groups excluding carboxylic acids is 4. The Kier molecular flexibility index (Phi) is 5.03. The van der Waals surface area contributed by atoms with Gasteiger partial charge in [0.05, 0.1) is 23.8 Å². The van der Waals surface area contributed by atoms with Gasteiger partial charge < -0.3 is 9.47 Å². The first-order valence-electron chi connectivity index (χ1n) is 8.25. The van der Waals surface area contributed by atoms with E-state index in [1.165, 1.54) is 14.0 Å². The van der Waals surface area contributed by atoms with Crippen LogP contribution in [0.25, 0.3) is 0 Å². The van der Waals surface area contributed by atoms with Crippen LogP contribution in [-0.4, -0.2) is 41.8 Å². The first-order chi connectivity index (χ1) is 12.9. The Bertz CT molecular complexity index is 901. The summed E-state index contributed by atoms with van der Waals surface area (Å²) in [6.07, 6.45) is 0. The zero-order chi connectivity index (χ0) is 19.6. The zero-order valence-corrected chi connectivity index (χ0v) is 14.8. The lowest BCUT2D eigenvalue weighted by Crippen LogP contribution is -2.43. The molecule has 0 unspecified atom stereocenters. The van der Waals surface area contributed by atoms with Crippen LogP contribution in [0.5, 0.6) is 0 Å². The number of imide groups is 1. The van der Waals surface area contributed by atoms with Crippen molar-refractivity contribution in [2.75, 3.05) is 7.11 Å². The van der Waals surface area contributed by atoms with Crippen LogP contribution in [0.3, 0.4) is 0 Å². The molecule has 27 heavy (non-hydrogen) atoms. The Balaban J connectivity index is 1.68. The second-order valence-corrected chi connectivity index (χ2v) is 6.00. The normalized spacial score (nSPS) is 13.9. The largest absolute Gasteiger partial charge is 0.465 e. The Labute approximate surface area is 155 Å². The quantitative estimate of drug-likeness (QED) is 0.594. The lowest BCUT2D eigenvalue weighted by molar-refractivity contribution is -0.149. The Morgan fingerprint density at radius 1 is 1.00 bits per heavy atom. The molecule has 3 rings (SSSR count). The average molecular weight is 367 g/mol. The molecule has 0 N–H and O–H groups in total. The predicted octanol–water partition coefficient (Wildman–Crippen LogP) is 2.20. The molecule has 7 heteroatoms. The Morgan fingerprint density at radius 2 is 1.63 bits per heavy atom. The molecule has 0 radical (unpaired) electrons. The number of esters is 2. The third-order valence-corrected chi connectivity index (χ3v) is 4.28. The molecule has 0 saturated carbocycles. The highest BCUT2D eigenvalue weighted by atomic mass is 16.5. The SMILES string of the molecule is COC(=O)c1cccc(COC(=O)[C@H](C)N2C(=O)c3ccccc3C2=O)c1. The van der Waals surface area contributed by atoms with Crippen molar-refractivity contribution < 1.29 is 28.7 Å². The van der Waals surface area contributed by atoms with Crippen LogP contribution in [0, 0.1) is 0 Å². The lowest BCUT2D eigenvalue weighted by atomic mass is 10.1. The van der Waals surface area contributed by atoms with Gasteiger partial charge in [-0.05, 0) is 36.8 Å². The van der Waals surface area contributed by atoms with Crippen molar-refractivity contribution in [2.24, 2.45) is 0 Å². The minimum atomic E-state index is -1.07. The minimum Gasteiger partial charge on any atom is -0.465 e. The molecule has 2 amide bonds. The summed E-state index contributed by atoms with van der Waals surface area (Å²) in [4.78, 5) is 49.7. The Morgan fingerprint density at radius 3 is 2.22 bits per heavy atom. The van der Waals surface area contributed by atoms with Gasteiger partial charge in [-0.15, -0.1) is 0 Å². The molecule has 0 saturated heterocycles. The van der Waals surface area contributed by atoms with Gasteiger partial charge >= 0.3 is 11.9 Å². The van der Waals surface area contributed by atoms with Crippen LogP contribution in [0.15, 0.2) is 48.5 Å². The van der Waals surface area contributed by atoms with Gasteiger partial charge in [0.15, 0.2) is 0 Å². The van der Waals surface area contributed by atoms with E-state index in [-0.39, 0.29) is 17.7 Å². The lowest BCUT2D eigenvalue weighted by Gasteiger charge is -2.21. The van der Waals surface area contributed by atoms with Gasteiger partial charge in [0, 0.05) is 0 Å².